The third-order valence-corrected chi connectivity index (χ3v) is 4.75. The van der Waals surface area contributed by atoms with Crippen LogP contribution in [-0.4, -0.2) is 40.3 Å². The fourth-order valence-corrected chi connectivity index (χ4v) is 3.19. The van der Waals surface area contributed by atoms with Gasteiger partial charge in [0, 0.05) is 18.9 Å². The van der Waals surface area contributed by atoms with Crippen molar-refractivity contribution in [1.82, 2.24) is 19.9 Å². The summed E-state index contributed by atoms with van der Waals surface area (Å²) >= 11 is 6.17. The molecule has 27 heavy (non-hydrogen) atoms. The van der Waals surface area contributed by atoms with E-state index in [0.717, 1.165) is 6.42 Å². The monoisotopic (exact) mass is 390 g/mol. The third kappa shape index (κ3) is 3.65. The van der Waals surface area contributed by atoms with Crippen LogP contribution in [0.3, 0.4) is 0 Å². The Morgan fingerprint density at radius 1 is 1.41 bits per heavy atom. The molecular formula is C19H20ClFN4O2. The van der Waals surface area contributed by atoms with Crippen LogP contribution < -0.4 is 5.32 Å². The molecule has 0 aliphatic rings. The van der Waals surface area contributed by atoms with E-state index in [1.807, 2.05) is 6.92 Å². The number of fused-ring (bicyclic) bond motifs is 1. The van der Waals surface area contributed by atoms with Gasteiger partial charge >= 0.3 is 0 Å². The first-order valence-corrected chi connectivity index (χ1v) is 8.93. The second kappa shape index (κ2) is 8.02. The van der Waals surface area contributed by atoms with Gasteiger partial charge in [-0.05, 0) is 25.5 Å². The summed E-state index contributed by atoms with van der Waals surface area (Å²) in [5, 5.41) is 7.47. The van der Waals surface area contributed by atoms with Gasteiger partial charge in [0.15, 0.2) is 5.65 Å². The van der Waals surface area contributed by atoms with Crippen molar-refractivity contribution in [2.24, 2.45) is 0 Å². The van der Waals surface area contributed by atoms with E-state index < -0.39 is 5.82 Å². The normalized spacial score (nSPS) is 12.3. The van der Waals surface area contributed by atoms with E-state index in [1.165, 1.54) is 29.0 Å². The highest BCUT2D eigenvalue weighted by Crippen LogP contribution is 2.33. The van der Waals surface area contributed by atoms with Crippen LogP contribution >= 0.6 is 11.6 Å². The maximum absolute atomic E-state index is 14.3. The van der Waals surface area contributed by atoms with Crippen LogP contribution in [0, 0.1) is 12.7 Å². The Bertz CT molecular complexity index is 969. The average Bonchev–Trinajstić information content (AvgIpc) is 3.06. The number of carbonyl (C=O) groups is 1. The lowest BCUT2D eigenvalue weighted by atomic mass is 10.1. The molecule has 0 saturated heterocycles. The predicted molar refractivity (Wildman–Crippen MR) is 102 cm³/mol. The quantitative estimate of drug-likeness (QED) is 0.697. The molecule has 3 rings (SSSR count). The number of halogens is 2. The van der Waals surface area contributed by atoms with Gasteiger partial charge in [-0.3, -0.25) is 4.79 Å². The lowest BCUT2D eigenvalue weighted by molar-refractivity contribution is 0.0893. The van der Waals surface area contributed by atoms with Crippen LogP contribution in [0.2, 0.25) is 5.02 Å². The summed E-state index contributed by atoms with van der Waals surface area (Å²) in [6.07, 6.45) is 3.71. The van der Waals surface area contributed by atoms with E-state index in [2.05, 4.69) is 15.4 Å². The zero-order chi connectivity index (χ0) is 19.6. The van der Waals surface area contributed by atoms with Gasteiger partial charge in [0.05, 0.1) is 40.7 Å². The minimum atomic E-state index is -0.455. The largest absolute Gasteiger partial charge is 0.383 e. The van der Waals surface area contributed by atoms with Crippen LogP contribution in [0.1, 0.15) is 29.4 Å². The molecule has 0 saturated carbocycles. The lowest BCUT2D eigenvalue weighted by Crippen LogP contribution is -2.38. The van der Waals surface area contributed by atoms with Crippen LogP contribution in [0.15, 0.2) is 30.6 Å². The number of carbonyl (C=O) groups excluding carboxylic acids is 1. The molecule has 0 radical (unpaired) electrons. The molecule has 3 aromatic rings. The zero-order valence-corrected chi connectivity index (χ0v) is 16.0. The standard InChI is InChI=1S/C19H20ClFN4O2/c1-4-12(10-27-3)24-19(26)13-8-22-18-14(9-23-25(18)11(13)2)17-15(20)6-5-7-16(17)21/h5-9,12H,4,10H2,1-3H3,(H,24,26). The Labute approximate surface area is 161 Å². The average molecular weight is 391 g/mol. The van der Waals surface area contributed by atoms with Crippen LogP contribution in [0.4, 0.5) is 4.39 Å². The molecule has 1 unspecified atom stereocenters. The molecule has 1 aromatic carbocycles. The van der Waals surface area contributed by atoms with Gasteiger partial charge in [0.1, 0.15) is 5.82 Å². The fourth-order valence-electron chi connectivity index (χ4n) is 2.93. The minimum absolute atomic E-state index is 0.0944. The summed E-state index contributed by atoms with van der Waals surface area (Å²) < 4.78 is 20.9. The summed E-state index contributed by atoms with van der Waals surface area (Å²) in [4.78, 5) is 17.0. The van der Waals surface area contributed by atoms with Crippen molar-refractivity contribution in [1.29, 1.82) is 0 Å². The molecule has 1 atom stereocenters. The number of aryl methyl sites for hydroxylation is 1. The van der Waals surface area contributed by atoms with Gasteiger partial charge in [0.2, 0.25) is 0 Å². The molecule has 0 fully saturated rings. The van der Waals surface area contributed by atoms with E-state index in [4.69, 9.17) is 16.3 Å². The first-order valence-electron chi connectivity index (χ1n) is 8.55. The predicted octanol–water partition coefficient (Wildman–Crippen LogP) is 3.65. The number of nitrogens with zero attached hydrogens (tertiary/aromatic N) is 3. The number of hydrogen-bond donors (Lipinski definition) is 1. The summed E-state index contributed by atoms with van der Waals surface area (Å²) in [7, 11) is 1.59. The Balaban J connectivity index is 2.01. The second-order valence-electron chi connectivity index (χ2n) is 6.18. The van der Waals surface area contributed by atoms with Crippen molar-refractivity contribution in [3.63, 3.8) is 0 Å². The molecule has 6 nitrogen and oxygen atoms in total. The van der Waals surface area contributed by atoms with Crippen LogP contribution in [-0.2, 0) is 4.74 Å². The van der Waals surface area contributed by atoms with Crippen LogP contribution in [0.5, 0.6) is 0 Å². The van der Waals surface area contributed by atoms with Gasteiger partial charge in [-0.15, -0.1) is 0 Å². The summed E-state index contributed by atoms with van der Waals surface area (Å²) in [6.45, 7) is 4.16. The summed E-state index contributed by atoms with van der Waals surface area (Å²) in [6, 6.07) is 4.39. The number of benzene rings is 1. The number of nitrogens with one attached hydrogen (secondary N) is 1. The van der Waals surface area contributed by atoms with Crippen molar-refractivity contribution < 1.29 is 13.9 Å². The number of hydrogen-bond acceptors (Lipinski definition) is 4. The van der Waals surface area contributed by atoms with E-state index >= 15 is 0 Å². The molecular weight excluding hydrogens is 371 g/mol. The molecule has 0 spiro atoms. The Hall–Kier alpha value is -2.51. The minimum Gasteiger partial charge on any atom is -0.383 e. The van der Waals surface area contributed by atoms with E-state index in [-0.39, 0.29) is 22.5 Å². The molecule has 1 N–H and O–H groups in total. The first-order chi connectivity index (χ1) is 13.0. The van der Waals surface area contributed by atoms with Crippen molar-refractivity contribution in [3.05, 3.63) is 52.7 Å². The molecule has 2 aromatic heterocycles. The molecule has 0 aliphatic carbocycles. The Morgan fingerprint density at radius 3 is 2.85 bits per heavy atom. The fraction of sp³-hybridized carbons (Fsp3) is 0.316. The highest BCUT2D eigenvalue weighted by molar-refractivity contribution is 6.33. The molecule has 142 valence electrons. The van der Waals surface area contributed by atoms with E-state index in [0.29, 0.717) is 29.1 Å². The number of rotatable bonds is 6. The van der Waals surface area contributed by atoms with Crippen molar-refractivity contribution in [2.45, 2.75) is 26.3 Å². The lowest BCUT2D eigenvalue weighted by Gasteiger charge is -2.16. The Morgan fingerprint density at radius 2 is 2.19 bits per heavy atom. The molecule has 2 heterocycles. The van der Waals surface area contributed by atoms with Gasteiger partial charge < -0.3 is 10.1 Å². The van der Waals surface area contributed by atoms with Gasteiger partial charge in [0.25, 0.3) is 5.91 Å². The molecule has 0 bridgehead atoms. The van der Waals surface area contributed by atoms with Crippen molar-refractivity contribution in [3.8, 4) is 11.1 Å². The van der Waals surface area contributed by atoms with E-state index in [9.17, 15) is 9.18 Å². The molecule has 8 heteroatoms. The zero-order valence-electron chi connectivity index (χ0n) is 15.3. The maximum Gasteiger partial charge on any atom is 0.254 e. The topological polar surface area (TPSA) is 68.5 Å². The first kappa shape index (κ1) is 19.3. The smallest absolute Gasteiger partial charge is 0.254 e. The van der Waals surface area contributed by atoms with Gasteiger partial charge in [-0.2, -0.15) is 5.10 Å². The van der Waals surface area contributed by atoms with Crippen molar-refractivity contribution >= 4 is 23.2 Å². The summed E-state index contributed by atoms with van der Waals surface area (Å²) in [5.74, 6) is -0.712. The number of methoxy groups -OCH3 is 1. The Kier molecular flexibility index (Phi) is 5.72. The maximum atomic E-state index is 14.3. The highest BCUT2D eigenvalue weighted by atomic mass is 35.5. The van der Waals surface area contributed by atoms with Gasteiger partial charge in [-0.1, -0.05) is 24.6 Å². The van der Waals surface area contributed by atoms with E-state index in [1.54, 1.807) is 20.1 Å². The van der Waals surface area contributed by atoms with Crippen molar-refractivity contribution in [2.75, 3.05) is 13.7 Å². The van der Waals surface area contributed by atoms with Gasteiger partial charge in [-0.25, -0.2) is 13.9 Å². The third-order valence-electron chi connectivity index (χ3n) is 4.44. The van der Waals surface area contributed by atoms with Crippen LogP contribution in [0.25, 0.3) is 16.8 Å². The number of aromatic nitrogens is 3. The molecule has 1 amide bonds. The SMILES string of the molecule is CCC(COC)NC(=O)c1cnc2c(-c3c(F)cccc3Cl)cnn2c1C. The highest BCUT2D eigenvalue weighted by Gasteiger charge is 2.20. The number of ether oxygens (including phenoxy) is 1. The number of amides is 1. The molecule has 0 aliphatic heterocycles. The second-order valence-corrected chi connectivity index (χ2v) is 6.59. The summed E-state index contributed by atoms with van der Waals surface area (Å²) in [5.41, 5.74) is 2.14.